The van der Waals surface area contributed by atoms with Gasteiger partial charge in [0, 0.05) is 23.4 Å². The average molecular weight is 475 g/mol. The van der Waals surface area contributed by atoms with Crippen molar-refractivity contribution in [2.75, 3.05) is 0 Å². The first kappa shape index (κ1) is 25.3. The molecule has 1 fully saturated rings. The molecular formula is C22H26N4O4S2. The molecule has 0 radical (unpaired) electrons. The lowest BCUT2D eigenvalue weighted by Crippen LogP contribution is -2.22. The molecule has 0 bridgehead atoms. The lowest BCUT2D eigenvalue weighted by atomic mass is 10.1. The van der Waals surface area contributed by atoms with Gasteiger partial charge in [-0.2, -0.15) is 4.98 Å². The predicted octanol–water partition coefficient (Wildman–Crippen LogP) is 3.50. The molecule has 3 N–H and O–H groups in total. The van der Waals surface area contributed by atoms with Crippen LogP contribution in [0.1, 0.15) is 36.1 Å². The maximum absolute atomic E-state index is 12.1. The molecule has 1 aliphatic rings. The number of aryl methyl sites for hydroxylation is 1. The molecule has 1 saturated carbocycles. The van der Waals surface area contributed by atoms with Gasteiger partial charge in [0.15, 0.2) is 0 Å². The standard InChI is InChI=1S/C14H13N3O3S2.C6H11NO.C2H2/c1-10-2-7-13(21-10)22(18,19)16-8-11-3-5-12(6-4-11)14-15-9-20-17-14;7-6(8)4-3-5-1-2-5;1-2/h2-7,9,16H,8H2,1H3;5H,1-4H2,(H2,7,8);1-2H. The van der Waals surface area contributed by atoms with Crippen LogP contribution in [-0.2, 0) is 21.4 Å². The fourth-order valence-electron chi connectivity index (χ4n) is 2.63. The Labute approximate surface area is 192 Å². The van der Waals surface area contributed by atoms with Crippen LogP contribution in [0.15, 0.2) is 51.5 Å². The summed E-state index contributed by atoms with van der Waals surface area (Å²) in [4.78, 5) is 15.1. The van der Waals surface area contributed by atoms with E-state index in [1.165, 1.54) is 30.6 Å². The van der Waals surface area contributed by atoms with Gasteiger partial charge in [-0.05, 0) is 37.0 Å². The summed E-state index contributed by atoms with van der Waals surface area (Å²) in [6, 6.07) is 10.7. The quantitative estimate of drug-likeness (QED) is 0.481. The van der Waals surface area contributed by atoms with Crippen molar-refractivity contribution in [3.8, 4) is 24.2 Å². The zero-order chi connectivity index (χ0) is 23.6. The van der Waals surface area contributed by atoms with E-state index in [2.05, 4.69) is 27.7 Å². The van der Waals surface area contributed by atoms with Gasteiger partial charge in [-0.25, -0.2) is 13.1 Å². The minimum atomic E-state index is -3.46. The van der Waals surface area contributed by atoms with Crippen molar-refractivity contribution in [2.24, 2.45) is 11.7 Å². The lowest BCUT2D eigenvalue weighted by Gasteiger charge is -2.05. The molecular weight excluding hydrogens is 448 g/mol. The zero-order valence-electron chi connectivity index (χ0n) is 17.7. The van der Waals surface area contributed by atoms with E-state index in [0.717, 1.165) is 28.3 Å². The van der Waals surface area contributed by atoms with Gasteiger partial charge in [0.2, 0.25) is 28.1 Å². The van der Waals surface area contributed by atoms with Crippen LogP contribution in [0.5, 0.6) is 0 Å². The van der Waals surface area contributed by atoms with E-state index in [1.807, 2.05) is 31.2 Å². The molecule has 2 aromatic heterocycles. The molecule has 1 aromatic carbocycles. The molecule has 2 heterocycles. The van der Waals surface area contributed by atoms with Crippen LogP contribution in [0.3, 0.4) is 0 Å². The number of rotatable bonds is 8. The molecule has 3 aromatic rings. The van der Waals surface area contributed by atoms with E-state index in [-0.39, 0.29) is 12.5 Å². The molecule has 10 heteroatoms. The highest BCUT2D eigenvalue weighted by atomic mass is 32.2. The zero-order valence-corrected chi connectivity index (χ0v) is 19.4. The van der Waals surface area contributed by atoms with Crippen LogP contribution < -0.4 is 10.5 Å². The van der Waals surface area contributed by atoms with Crippen molar-refractivity contribution in [1.29, 1.82) is 0 Å². The van der Waals surface area contributed by atoms with Crippen molar-refractivity contribution in [3.05, 3.63) is 53.2 Å². The normalized spacial score (nSPS) is 12.7. The van der Waals surface area contributed by atoms with Gasteiger partial charge in [0.1, 0.15) is 4.21 Å². The number of nitrogens with zero attached hydrogens (tertiary/aromatic N) is 2. The number of aromatic nitrogens is 2. The third kappa shape index (κ3) is 8.26. The molecule has 0 aliphatic heterocycles. The number of nitrogens with two attached hydrogens (primary N) is 1. The molecule has 0 saturated heterocycles. The molecule has 32 heavy (non-hydrogen) atoms. The van der Waals surface area contributed by atoms with Crippen molar-refractivity contribution in [3.63, 3.8) is 0 Å². The molecule has 0 atom stereocenters. The number of nitrogens with one attached hydrogen (secondary N) is 1. The molecule has 170 valence electrons. The molecule has 1 amide bonds. The SMILES string of the molecule is C#C.Cc1ccc(S(=O)(=O)NCc2ccc(-c3ncon3)cc2)s1.NC(=O)CCC1CC1. The Bertz CT molecular complexity index is 1100. The van der Waals surface area contributed by atoms with Gasteiger partial charge in [-0.15, -0.1) is 24.2 Å². The first-order valence-electron chi connectivity index (χ1n) is 9.87. The van der Waals surface area contributed by atoms with Gasteiger partial charge in [-0.1, -0.05) is 42.3 Å². The fraction of sp³-hybridized carbons (Fsp3) is 0.318. The maximum Gasteiger partial charge on any atom is 0.250 e. The molecule has 8 nitrogen and oxygen atoms in total. The minimum Gasteiger partial charge on any atom is -0.370 e. The van der Waals surface area contributed by atoms with E-state index in [0.29, 0.717) is 16.5 Å². The van der Waals surface area contributed by atoms with E-state index >= 15 is 0 Å². The number of terminal acetylenes is 1. The summed E-state index contributed by atoms with van der Waals surface area (Å²) in [5.74, 6) is 1.18. The Morgan fingerprint density at radius 2 is 1.91 bits per heavy atom. The van der Waals surface area contributed by atoms with Gasteiger partial charge in [-0.3, -0.25) is 4.79 Å². The number of benzene rings is 1. The summed E-state index contributed by atoms with van der Waals surface area (Å²) in [6.07, 6.45) is 13.5. The van der Waals surface area contributed by atoms with Crippen LogP contribution in [-0.4, -0.2) is 24.5 Å². The summed E-state index contributed by atoms with van der Waals surface area (Å²) >= 11 is 1.25. The lowest BCUT2D eigenvalue weighted by molar-refractivity contribution is -0.118. The Balaban J connectivity index is 0.000000304. The van der Waals surface area contributed by atoms with Crippen LogP contribution in [0, 0.1) is 25.7 Å². The third-order valence-corrected chi connectivity index (χ3v) is 7.41. The Morgan fingerprint density at radius 1 is 1.22 bits per heavy atom. The second kappa shape index (κ2) is 12.1. The van der Waals surface area contributed by atoms with Crippen LogP contribution in [0.4, 0.5) is 0 Å². The number of amides is 1. The predicted molar refractivity (Wildman–Crippen MR) is 124 cm³/mol. The van der Waals surface area contributed by atoms with Gasteiger partial charge in [0.05, 0.1) is 0 Å². The first-order valence-corrected chi connectivity index (χ1v) is 12.2. The van der Waals surface area contributed by atoms with Crippen molar-refractivity contribution in [1.82, 2.24) is 14.9 Å². The number of carbonyl (C=O) groups is 1. The van der Waals surface area contributed by atoms with Crippen LogP contribution in [0.2, 0.25) is 0 Å². The number of thiophene rings is 1. The topological polar surface area (TPSA) is 128 Å². The Kier molecular flexibility index (Phi) is 9.59. The fourth-order valence-corrected chi connectivity index (χ4v) is 4.97. The van der Waals surface area contributed by atoms with Gasteiger partial charge >= 0.3 is 0 Å². The van der Waals surface area contributed by atoms with Crippen molar-refractivity contribution in [2.45, 2.75) is 43.4 Å². The smallest absolute Gasteiger partial charge is 0.250 e. The maximum atomic E-state index is 12.1. The highest BCUT2D eigenvalue weighted by molar-refractivity contribution is 7.91. The Hall–Kier alpha value is -3.00. The summed E-state index contributed by atoms with van der Waals surface area (Å²) in [7, 11) is -3.46. The van der Waals surface area contributed by atoms with Gasteiger partial charge in [0.25, 0.3) is 0 Å². The largest absolute Gasteiger partial charge is 0.370 e. The van der Waals surface area contributed by atoms with E-state index in [9.17, 15) is 13.2 Å². The molecule has 1 aliphatic carbocycles. The molecule has 0 spiro atoms. The summed E-state index contributed by atoms with van der Waals surface area (Å²) in [5.41, 5.74) is 6.59. The van der Waals surface area contributed by atoms with Crippen molar-refractivity contribution < 1.29 is 17.7 Å². The highest BCUT2D eigenvalue weighted by Gasteiger charge is 2.21. The number of primary amides is 1. The van der Waals surface area contributed by atoms with Crippen LogP contribution >= 0.6 is 11.3 Å². The third-order valence-electron chi connectivity index (χ3n) is 4.52. The van der Waals surface area contributed by atoms with E-state index in [1.54, 1.807) is 12.1 Å². The molecule has 0 unspecified atom stereocenters. The van der Waals surface area contributed by atoms with Gasteiger partial charge < -0.3 is 10.3 Å². The minimum absolute atomic E-state index is 0.156. The highest BCUT2D eigenvalue weighted by Crippen LogP contribution is 2.33. The summed E-state index contributed by atoms with van der Waals surface area (Å²) < 4.78 is 31.9. The summed E-state index contributed by atoms with van der Waals surface area (Å²) in [6.45, 7) is 2.10. The van der Waals surface area contributed by atoms with Crippen molar-refractivity contribution >= 4 is 27.3 Å². The van der Waals surface area contributed by atoms with E-state index in [4.69, 9.17) is 10.3 Å². The number of hydrogen-bond donors (Lipinski definition) is 2. The average Bonchev–Trinajstić information content (AvgIpc) is 3.24. The first-order chi connectivity index (χ1) is 15.3. The Morgan fingerprint density at radius 3 is 2.41 bits per heavy atom. The number of sulfonamides is 1. The van der Waals surface area contributed by atoms with E-state index < -0.39 is 10.0 Å². The van der Waals surface area contributed by atoms with Crippen LogP contribution in [0.25, 0.3) is 11.4 Å². The summed E-state index contributed by atoms with van der Waals surface area (Å²) in [5, 5.41) is 3.75. The second-order valence-corrected chi connectivity index (χ2v) is 10.4. The number of hydrogen-bond acceptors (Lipinski definition) is 7. The monoisotopic (exact) mass is 474 g/mol. The second-order valence-electron chi connectivity index (χ2n) is 7.09. The molecule has 4 rings (SSSR count). The number of carbonyl (C=O) groups excluding carboxylic acids is 1.